The zero-order valence-electron chi connectivity index (χ0n) is 19.6. The van der Waals surface area contributed by atoms with E-state index in [2.05, 4.69) is 32.9 Å². The molecule has 3 heterocycles. The van der Waals surface area contributed by atoms with E-state index in [0.717, 1.165) is 37.7 Å². The Labute approximate surface area is 191 Å². The van der Waals surface area contributed by atoms with E-state index in [1.54, 1.807) is 0 Å². The summed E-state index contributed by atoms with van der Waals surface area (Å²) in [4.78, 5) is 12.0. The van der Waals surface area contributed by atoms with E-state index in [4.69, 9.17) is 18.9 Å². The molecule has 1 aromatic rings. The van der Waals surface area contributed by atoms with Gasteiger partial charge in [-0.1, -0.05) is 51.1 Å². The van der Waals surface area contributed by atoms with Crippen LogP contribution in [0.2, 0.25) is 0 Å². The van der Waals surface area contributed by atoms with Crippen molar-refractivity contribution in [3.8, 4) is 0 Å². The molecule has 5 fully saturated rings. The Balaban J connectivity index is 1.30. The van der Waals surface area contributed by atoms with E-state index in [9.17, 15) is 4.79 Å². The van der Waals surface area contributed by atoms with Gasteiger partial charge < -0.3 is 18.9 Å². The molecule has 3 aliphatic heterocycles. The number of esters is 1. The van der Waals surface area contributed by atoms with Gasteiger partial charge in [-0.05, 0) is 50.4 Å². The van der Waals surface area contributed by atoms with Crippen LogP contribution in [0.25, 0.3) is 0 Å². The van der Waals surface area contributed by atoms with Crippen LogP contribution in [0.3, 0.4) is 0 Å². The second kappa shape index (κ2) is 7.04. The quantitative estimate of drug-likeness (QED) is 0.563. The molecule has 0 unspecified atom stereocenters. The SMILES string of the molecule is C[C@@H]1CC[C@@H]2[C@]3(C)CO[C@H](c4ccccc4)O[C@H]3CC[C@]2(C)[C@@]12CC[C@]1(COC(=O)C1)O2. The minimum absolute atomic E-state index is 0.0352. The van der Waals surface area contributed by atoms with Crippen LogP contribution in [0, 0.1) is 22.7 Å². The topological polar surface area (TPSA) is 54.0 Å². The van der Waals surface area contributed by atoms with E-state index in [-0.39, 0.29) is 34.8 Å². The summed E-state index contributed by atoms with van der Waals surface area (Å²) in [7, 11) is 0. The highest BCUT2D eigenvalue weighted by Crippen LogP contribution is 2.69. The Morgan fingerprint density at radius 3 is 2.53 bits per heavy atom. The number of fused-ring (bicyclic) bond motifs is 4. The molecule has 6 rings (SSSR count). The maximum Gasteiger partial charge on any atom is 0.308 e. The van der Waals surface area contributed by atoms with Gasteiger partial charge in [-0.2, -0.15) is 0 Å². The second-order valence-corrected chi connectivity index (χ2v) is 11.7. The molecule has 5 heteroatoms. The number of hydrogen-bond donors (Lipinski definition) is 0. The van der Waals surface area contributed by atoms with Gasteiger partial charge in [0.1, 0.15) is 12.2 Å². The molecule has 174 valence electrons. The Morgan fingerprint density at radius 2 is 1.78 bits per heavy atom. The van der Waals surface area contributed by atoms with Crippen molar-refractivity contribution in [3.05, 3.63) is 35.9 Å². The average Bonchev–Trinajstić information content (AvgIpc) is 3.35. The molecule has 5 aliphatic rings. The number of carbonyl (C=O) groups is 1. The molecule has 0 aromatic heterocycles. The number of ether oxygens (including phenoxy) is 4. The van der Waals surface area contributed by atoms with Crippen molar-refractivity contribution in [3.63, 3.8) is 0 Å². The van der Waals surface area contributed by atoms with Gasteiger partial charge in [0.25, 0.3) is 0 Å². The molecule has 5 nitrogen and oxygen atoms in total. The molecule has 3 saturated heterocycles. The Kier molecular flexibility index (Phi) is 4.65. The van der Waals surface area contributed by atoms with Gasteiger partial charge in [0.15, 0.2) is 6.29 Å². The molecular weight excluding hydrogens is 404 g/mol. The maximum atomic E-state index is 12.0. The third kappa shape index (κ3) is 2.77. The lowest BCUT2D eigenvalue weighted by Gasteiger charge is -2.66. The Hall–Kier alpha value is -1.43. The zero-order valence-corrected chi connectivity index (χ0v) is 19.6. The summed E-state index contributed by atoms with van der Waals surface area (Å²) in [5, 5.41) is 0. The first-order valence-corrected chi connectivity index (χ1v) is 12.5. The van der Waals surface area contributed by atoms with E-state index >= 15 is 0 Å². The third-order valence-electron chi connectivity index (χ3n) is 10.1. The second-order valence-electron chi connectivity index (χ2n) is 11.7. The van der Waals surface area contributed by atoms with Gasteiger partial charge in [0.05, 0.1) is 24.7 Å². The van der Waals surface area contributed by atoms with Crippen LogP contribution in [0.4, 0.5) is 0 Å². The summed E-state index contributed by atoms with van der Waals surface area (Å²) in [6.45, 7) is 8.36. The molecular formula is C27H36O5. The Bertz CT molecular complexity index is 903. The third-order valence-corrected chi connectivity index (χ3v) is 10.1. The fraction of sp³-hybridized carbons (Fsp3) is 0.741. The van der Waals surface area contributed by atoms with Crippen LogP contribution in [-0.2, 0) is 23.7 Å². The highest BCUT2D eigenvalue weighted by Gasteiger charge is 2.70. The molecule has 8 atom stereocenters. The standard InChI is InChI=1S/C27H36O5/c1-18-9-10-20-24(2)16-30-23(19-7-5-4-6-8-19)31-21(24)11-12-25(20,3)27(18)14-13-26(32-27)15-22(28)29-17-26/h4-8,18,20-21,23H,9-17H2,1-3H3/t18-,20-,21+,23+,24+,25+,26+,27-/m1/s1. The maximum absolute atomic E-state index is 12.0. The van der Waals surface area contributed by atoms with Crippen molar-refractivity contribution in [1.82, 2.24) is 0 Å². The summed E-state index contributed by atoms with van der Waals surface area (Å²) in [6.07, 6.45) is 6.72. The predicted octanol–water partition coefficient (Wildman–Crippen LogP) is 5.19. The average molecular weight is 441 g/mol. The van der Waals surface area contributed by atoms with Crippen molar-refractivity contribution in [2.75, 3.05) is 13.2 Å². The summed E-state index contributed by atoms with van der Waals surface area (Å²) < 4.78 is 25.5. The smallest absolute Gasteiger partial charge is 0.308 e. The van der Waals surface area contributed by atoms with E-state index in [1.807, 2.05) is 18.2 Å². The molecule has 0 bridgehead atoms. The lowest BCUT2D eigenvalue weighted by molar-refractivity contribution is -0.331. The van der Waals surface area contributed by atoms with Crippen molar-refractivity contribution in [2.24, 2.45) is 22.7 Å². The molecule has 0 radical (unpaired) electrons. The van der Waals surface area contributed by atoms with Gasteiger partial charge in [0, 0.05) is 16.4 Å². The minimum Gasteiger partial charge on any atom is -0.463 e. The largest absolute Gasteiger partial charge is 0.463 e. The highest BCUT2D eigenvalue weighted by atomic mass is 16.7. The number of hydrogen-bond acceptors (Lipinski definition) is 5. The zero-order chi connectivity index (χ0) is 22.2. The first-order chi connectivity index (χ1) is 15.3. The molecule has 2 saturated carbocycles. The first kappa shape index (κ1) is 21.1. The lowest BCUT2D eigenvalue weighted by Crippen LogP contribution is -2.67. The van der Waals surface area contributed by atoms with Crippen LogP contribution in [-0.4, -0.2) is 36.5 Å². The van der Waals surface area contributed by atoms with Crippen LogP contribution in [0.5, 0.6) is 0 Å². The highest BCUT2D eigenvalue weighted by molar-refractivity contribution is 5.73. The summed E-state index contributed by atoms with van der Waals surface area (Å²) in [6, 6.07) is 10.3. The van der Waals surface area contributed by atoms with Crippen molar-refractivity contribution in [2.45, 2.75) is 89.3 Å². The molecule has 2 spiro atoms. The van der Waals surface area contributed by atoms with Crippen molar-refractivity contribution in [1.29, 1.82) is 0 Å². The number of cyclic esters (lactones) is 1. The van der Waals surface area contributed by atoms with Gasteiger partial charge in [-0.15, -0.1) is 0 Å². The first-order valence-electron chi connectivity index (χ1n) is 12.5. The van der Waals surface area contributed by atoms with Crippen LogP contribution in [0.1, 0.15) is 77.6 Å². The number of rotatable bonds is 1. The summed E-state index contributed by atoms with van der Waals surface area (Å²) in [5.74, 6) is 0.834. The van der Waals surface area contributed by atoms with Crippen molar-refractivity contribution >= 4 is 5.97 Å². The summed E-state index contributed by atoms with van der Waals surface area (Å²) >= 11 is 0. The van der Waals surface area contributed by atoms with Gasteiger partial charge in [-0.25, -0.2) is 0 Å². The molecule has 0 amide bonds. The molecule has 32 heavy (non-hydrogen) atoms. The van der Waals surface area contributed by atoms with Gasteiger partial charge in [-0.3, -0.25) is 4.79 Å². The number of benzene rings is 1. The monoisotopic (exact) mass is 440 g/mol. The van der Waals surface area contributed by atoms with E-state index in [0.29, 0.717) is 31.5 Å². The predicted molar refractivity (Wildman–Crippen MR) is 119 cm³/mol. The minimum atomic E-state index is -0.411. The normalized spacial score (nSPS) is 50.3. The summed E-state index contributed by atoms with van der Waals surface area (Å²) in [5.41, 5.74) is 0.493. The fourth-order valence-corrected chi connectivity index (χ4v) is 8.35. The molecule has 0 N–H and O–H groups in total. The van der Waals surface area contributed by atoms with Gasteiger partial charge >= 0.3 is 5.97 Å². The number of carbonyl (C=O) groups excluding carboxylic acids is 1. The molecule has 2 aliphatic carbocycles. The lowest BCUT2D eigenvalue weighted by atomic mass is 9.43. The van der Waals surface area contributed by atoms with Gasteiger partial charge in [0.2, 0.25) is 0 Å². The van der Waals surface area contributed by atoms with Crippen LogP contribution in [0.15, 0.2) is 30.3 Å². The molecule has 1 aromatic carbocycles. The van der Waals surface area contributed by atoms with E-state index < -0.39 is 5.60 Å². The van der Waals surface area contributed by atoms with E-state index in [1.165, 1.54) is 6.42 Å². The Morgan fingerprint density at radius 1 is 0.969 bits per heavy atom. The van der Waals surface area contributed by atoms with Crippen LogP contribution >= 0.6 is 0 Å². The fourth-order valence-electron chi connectivity index (χ4n) is 8.35. The van der Waals surface area contributed by atoms with Crippen molar-refractivity contribution < 1.29 is 23.7 Å². The van der Waals surface area contributed by atoms with Crippen LogP contribution < -0.4 is 0 Å².